The molecule has 3 atom stereocenters. The van der Waals surface area contributed by atoms with Crippen molar-refractivity contribution >= 4 is 35.0 Å². The quantitative estimate of drug-likeness (QED) is 0.0595. The van der Waals surface area contributed by atoms with Crippen molar-refractivity contribution in [2.75, 3.05) is 0 Å². The maximum Gasteiger partial charge on any atom is 0.243 e. The molecule has 1 aliphatic heterocycles. The van der Waals surface area contributed by atoms with Crippen molar-refractivity contribution in [2.24, 2.45) is 0 Å². The van der Waals surface area contributed by atoms with Gasteiger partial charge in [0.15, 0.2) is 11.4 Å². The Kier molecular flexibility index (Phi) is 13.0. The number of amides is 2. The smallest absolute Gasteiger partial charge is 0.243 e. The second-order valence-corrected chi connectivity index (χ2v) is 12.6. The number of hydrogen-bond acceptors (Lipinski definition) is 7. The summed E-state index contributed by atoms with van der Waals surface area (Å²) in [6.45, 7) is 0.828. The molecular weight excluding hydrogens is 655 g/mol. The van der Waals surface area contributed by atoms with Gasteiger partial charge in [-0.1, -0.05) is 96.7 Å². The van der Waals surface area contributed by atoms with Crippen LogP contribution in [0.15, 0.2) is 79.1 Å². The van der Waals surface area contributed by atoms with Gasteiger partial charge in [0.05, 0.1) is 31.7 Å². The summed E-state index contributed by atoms with van der Waals surface area (Å²) in [4.78, 5) is 27.6. The molecule has 1 fully saturated rings. The number of unbranched alkanes of at least 4 members (excludes halogenated alkanes) is 3. The third-order valence-corrected chi connectivity index (χ3v) is 9.11. The van der Waals surface area contributed by atoms with E-state index in [1.165, 1.54) is 0 Å². The third-order valence-electron chi connectivity index (χ3n) is 8.34. The summed E-state index contributed by atoms with van der Waals surface area (Å²) >= 11 is 12.5. The van der Waals surface area contributed by atoms with E-state index in [4.69, 9.17) is 37.9 Å². The zero-order valence-electron chi connectivity index (χ0n) is 26.5. The Hall–Kier alpha value is -3.77. The first-order chi connectivity index (χ1) is 23.3. The molecule has 254 valence electrons. The van der Waals surface area contributed by atoms with E-state index in [0.717, 1.165) is 52.6 Å². The number of nitrogens with one attached hydrogen (secondary N) is 2. The minimum absolute atomic E-state index is 0.0172. The van der Waals surface area contributed by atoms with Crippen LogP contribution >= 0.6 is 23.2 Å². The topological polar surface area (TPSA) is 135 Å². The number of benzene rings is 3. The molecule has 1 aromatic heterocycles. The van der Waals surface area contributed by atoms with E-state index in [-0.39, 0.29) is 42.2 Å². The minimum atomic E-state index is -0.654. The molecule has 0 saturated carbocycles. The van der Waals surface area contributed by atoms with Gasteiger partial charge in [0, 0.05) is 31.4 Å². The number of aromatic nitrogens is 2. The third kappa shape index (κ3) is 9.88. The summed E-state index contributed by atoms with van der Waals surface area (Å²) < 4.78 is 14.8. The largest absolute Gasteiger partial charge is 0.392 e. The fourth-order valence-corrected chi connectivity index (χ4v) is 6.03. The normalized spacial score (nSPS) is 17.6. The first-order valence-corrected chi connectivity index (χ1v) is 16.8. The highest BCUT2D eigenvalue weighted by atomic mass is 35.5. The van der Waals surface area contributed by atoms with E-state index in [2.05, 4.69) is 22.4 Å². The molecule has 3 aromatic carbocycles. The zero-order valence-corrected chi connectivity index (χ0v) is 28.0. The van der Waals surface area contributed by atoms with E-state index >= 15 is 0 Å². The summed E-state index contributed by atoms with van der Waals surface area (Å²) in [7, 11) is 0. The van der Waals surface area contributed by atoms with E-state index in [1.807, 2.05) is 60.7 Å². The van der Waals surface area contributed by atoms with Crippen molar-refractivity contribution in [1.29, 1.82) is 0 Å². The van der Waals surface area contributed by atoms with Gasteiger partial charge in [0.2, 0.25) is 11.8 Å². The van der Waals surface area contributed by atoms with Crippen LogP contribution in [0.3, 0.4) is 0 Å². The van der Waals surface area contributed by atoms with Crippen molar-refractivity contribution in [1.82, 2.24) is 20.3 Å². The van der Waals surface area contributed by atoms with Gasteiger partial charge in [-0.05, 0) is 52.8 Å². The highest BCUT2D eigenvalue weighted by molar-refractivity contribution is 6.40. The summed E-state index contributed by atoms with van der Waals surface area (Å²) in [5.41, 5.74) is 7.26. The fraction of sp³-hybridized carbons (Fsp3) is 0.361. The lowest BCUT2D eigenvalue weighted by Crippen LogP contribution is -2.32. The van der Waals surface area contributed by atoms with Gasteiger partial charge in [0.25, 0.3) is 0 Å². The number of halogens is 2. The first kappa shape index (κ1) is 35.5. The molecule has 10 nitrogen and oxygen atoms in total. The average Bonchev–Trinajstić information content (AvgIpc) is 3.44. The van der Waals surface area contributed by atoms with E-state index < -0.39 is 6.29 Å². The molecule has 1 aliphatic rings. The maximum atomic E-state index is 12.4. The average molecular weight is 696 g/mol. The lowest BCUT2D eigenvalue weighted by Gasteiger charge is -2.36. The molecule has 1 saturated heterocycles. The summed E-state index contributed by atoms with van der Waals surface area (Å²) in [6, 6.07) is 23.8. The number of aliphatic hydroxyl groups excluding tert-OH is 1. The zero-order chi connectivity index (χ0) is 33.9. The molecule has 48 heavy (non-hydrogen) atoms. The van der Waals surface area contributed by atoms with Gasteiger partial charge in [-0.3, -0.25) is 14.8 Å². The first-order valence-electron chi connectivity index (χ1n) is 16.1. The van der Waals surface area contributed by atoms with Crippen LogP contribution in [0.2, 0.25) is 10.3 Å². The molecule has 2 amide bonds. The summed E-state index contributed by atoms with van der Waals surface area (Å²) in [5, 5.41) is 21.7. The van der Waals surface area contributed by atoms with E-state index in [9.17, 15) is 14.7 Å². The van der Waals surface area contributed by atoms with Crippen molar-refractivity contribution in [3.63, 3.8) is 0 Å². The van der Waals surface area contributed by atoms with Crippen molar-refractivity contribution in [3.05, 3.63) is 112 Å². The van der Waals surface area contributed by atoms with Crippen molar-refractivity contribution in [2.45, 2.75) is 83.1 Å². The number of aliphatic hydroxyl groups is 1. The monoisotopic (exact) mass is 694 g/mol. The highest BCUT2D eigenvalue weighted by Gasteiger charge is 2.33. The maximum absolute atomic E-state index is 12.4. The summed E-state index contributed by atoms with van der Waals surface area (Å²) in [6.07, 6.45) is 4.80. The molecular formula is C36H40Cl2N4O6. The molecule has 12 heteroatoms. The molecule has 5 rings (SSSR count). The number of hydroxylamine groups is 1. The van der Waals surface area contributed by atoms with Crippen LogP contribution in [0.5, 0.6) is 0 Å². The Bertz CT molecular complexity index is 1660. The second-order valence-electron chi connectivity index (χ2n) is 11.9. The molecule has 0 bridgehead atoms. The Morgan fingerprint density at radius 1 is 0.854 bits per heavy atom. The molecule has 4 aromatic rings. The number of nitrogens with zero attached hydrogens (tertiary/aromatic N) is 2. The Balaban J connectivity index is 1.24. The molecule has 4 N–H and O–H groups in total. The standard InChI is InChI=1S/C36H40Cl2N4O6/c37-34-35(38)42(23-40-34)21-30-19-31(26-15-13-24(22-43)14-16-26)48-36(47-30)29-10-6-9-28(18-29)27-8-5-7-25(17-27)20-39-32(44)11-3-1-2-4-12-33(45)41-46/h5-10,13-18,23,30-31,36,43,46H,1-4,11-12,19-22H2,(H,39,44)(H,41,45)/t30-,31+,36+/m1/s1. The van der Waals surface area contributed by atoms with Crippen LogP contribution < -0.4 is 10.8 Å². The number of carbonyl (C=O) groups excluding carboxylic acids is 2. The predicted molar refractivity (Wildman–Crippen MR) is 182 cm³/mol. The van der Waals surface area contributed by atoms with Crippen molar-refractivity contribution in [3.8, 4) is 11.1 Å². The van der Waals surface area contributed by atoms with Crippen LogP contribution in [0.4, 0.5) is 0 Å². The molecule has 2 heterocycles. The molecule has 0 aliphatic carbocycles. The fourth-order valence-electron chi connectivity index (χ4n) is 5.72. The van der Waals surface area contributed by atoms with Crippen LogP contribution in [-0.2, 0) is 38.8 Å². The Labute approximate surface area is 290 Å². The lowest BCUT2D eigenvalue weighted by atomic mass is 9.98. The van der Waals surface area contributed by atoms with Crippen LogP contribution in [-0.4, -0.2) is 37.8 Å². The minimum Gasteiger partial charge on any atom is -0.392 e. The van der Waals surface area contributed by atoms with Gasteiger partial charge in [-0.15, -0.1) is 0 Å². The second kappa shape index (κ2) is 17.6. The van der Waals surface area contributed by atoms with Gasteiger partial charge in [-0.2, -0.15) is 0 Å². The Morgan fingerprint density at radius 2 is 1.56 bits per heavy atom. The number of rotatable bonds is 15. The van der Waals surface area contributed by atoms with Gasteiger partial charge >= 0.3 is 0 Å². The predicted octanol–water partition coefficient (Wildman–Crippen LogP) is 7.06. The van der Waals surface area contributed by atoms with Crippen LogP contribution in [0.1, 0.15) is 79.6 Å². The van der Waals surface area contributed by atoms with Crippen molar-refractivity contribution < 1.29 is 29.4 Å². The van der Waals surface area contributed by atoms with Gasteiger partial charge < -0.3 is 24.5 Å². The Morgan fingerprint density at radius 3 is 2.25 bits per heavy atom. The van der Waals surface area contributed by atoms with Gasteiger partial charge in [-0.25, -0.2) is 10.5 Å². The number of hydrogen-bond donors (Lipinski definition) is 4. The molecule has 0 radical (unpaired) electrons. The molecule has 0 spiro atoms. The van der Waals surface area contributed by atoms with Gasteiger partial charge in [0.1, 0.15) is 5.15 Å². The summed E-state index contributed by atoms with van der Waals surface area (Å²) in [5.74, 6) is -0.406. The lowest BCUT2D eigenvalue weighted by molar-refractivity contribution is -0.252. The van der Waals surface area contributed by atoms with Crippen LogP contribution in [0, 0.1) is 0 Å². The SMILES string of the molecule is O=C(CCCCCCC(=O)NCc1cccc(-c2cccc([C@H]3O[C@@H](Cn4cnc(Cl)c4Cl)C[C@@H](c4ccc(CO)cc4)O3)c2)c1)NO. The number of ether oxygens (including phenoxy) is 2. The number of imidazole rings is 1. The van der Waals surface area contributed by atoms with Crippen LogP contribution in [0.25, 0.3) is 11.1 Å². The highest BCUT2D eigenvalue weighted by Crippen LogP contribution is 2.39. The van der Waals surface area contributed by atoms with E-state index in [0.29, 0.717) is 37.5 Å². The van der Waals surface area contributed by atoms with E-state index in [1.54, 1.807) is 16.4 Å². The molecule has 0 unspecified atom stereocenters. The number of carbonyl (C=O) groups is 2.